The van der Waals surface area contributed by atoms with Crippen molar-refractivity contribution >= 4 is 15.9 Å². The molecule has 1 aliphatic rings. The third-order valence-electron chi connectivity index (χ3n) is 3.82. The molecule has 2 nitrogen and oxygen atoms in total. The summed E-state index contributed by atoms with van der Waals surface area (Å²) in [4.78, 5) is 0. The van der Waals surface area contributed by atoms with E-state index in [0.29, 0.717) is 6.04 Å². The summed E-state index contributed by atoms with van der Waals surface area (Å²) in [6.45, 7) is 3.16. The molecule has 1 N–H and O–H groups in total. The quantitative estimate of drug-likeness (QED) is 0.845. The summed E-state index contributed by atoms with van der Waals surface area (Å²) >= 11 is 3.50. The number of methoxy groups -OCH3 is 1. The maximum atomic E-state index is 5.52. The molecule has 0 heterocycles. The normalized spacial score (nSPS) is 17.3. The van der Waals surface area contributed by atoms with Crippen molar-refractivity contribution in [1.29, 1.82) is 0 Å². The first kappa shape index (κ1) is 13.9. The highest BCUT2D eigenvalue weighted by Gasteiger charge is 2.24. The van der Waals surface area contributed by atoms with E-state index < -0.39 is 0 Å². The smallest absolute Gasteiger partial charge is 0.124 e. The predicted octanol–water partition coefficient (Wildman–Crippen LogP) is 4.30. The predicted molar refractivity (Wildman–Crippen MR) is 79.1 cm³/mol. The number of rotatable bonds is 6. The van der Waals surface area contributed by atoms with Crippen LogP contribution in [0.5, 0.6) is 5.75 Å². The Labute approximate surface area is 118 Å². The number of benzene rings is 1. The van der Waals surface area contributed by atoms with E-state index in [-0.39, 0.29) is 0 Å². The molecular formula is C15H22BrNO. The lowest BCUT2D eigenvalue weighted by Gasteiger charge is -2.31. The van der Waals surface area contributed by atoms with Gasteiger partial charge < -0.3 is 10.1 Å². The van der Waals surface area contributed by atoms with Crippen molar-refractivity contribution in [3.05, 3.63) is 28.2 Å². The number of halogens is 1. The lowest BCUT2D eigenvalue weighted by Crippen LogP contribution is -2.26. The van der Waals surface area contributed by atoms with Crippen molar-refractivity contribution in [3.63, 3.8) is 0 Å². The Balaban J connectivity index is 2.17. The van der Waals surface area contributed by atoms with Gasteiger partial charge >= 0.3 is 0 Å². The minimum atomic E-state index is 0.420. The molecule has 1 unspecified atom stereocenters. The van der Waals surface area contributed by atoms with Gasteiger partial charge in [0.2, 0.25) is 0 Å². The van der Waals surface area contributed by atoms with Crippen LogP contribution in [-0.4, -0.2) is 13.7 Å². The molecule has 0 aromatic heterocycles. The van der Waals surface area contributed by atoms with E-state index in [9.17, 15) is 0 Å². The van der Waals surface area contributed by atoms with Crippen LogP contribution in [0.3, 0.4) is 0 Å². The zero-order chi connectivity index (χ0) is 13.0. The molecule has 1 saturated carbocycles. The van der Waals surface area contributed by atoms with Gasteiger partial charge in [0.1, 0.15) is 5.75 Å². The average molecular weight is 312 g/mol. The van der Waals surface area contributed by atoms with Crippen LogP contribution in [0.15, 0.2) is 22.7 Å². The number of nitrogens with one attached hydrogen (secondary N) is 1. The van der Waals surface area contributed by atoms with Crippen LogP contribution >= 0.6 is 15.9 Å². The fourth-order valence-corrected chi connectivity index (χ4v) is 2.94. The van der Waals surface area contributed by atoms with Crippen LogP contribution in [0.4, 0.5) is 0 Å². The Bertz CT molecular complexity index is 390. The molecule has 1 fully saturated rings. The van der Waals surface area contributed by atoms with Gasteiger partial charge in [-0.15, -0.1) is 0 Å². The third kappa shape index (κ3) is 3.27. The highest BCUT2D eigenvalue weighted by molar-refractivity contribution is 9.10. The fraction of sp³-hybridized carbons (Fsp3) is 0.600. The Morgan fingerprint density at radius 2 is 2.22 bits per heavy atom. The minimum absolute atomic E-state index is 0.420. The zero-order valence-electron chi connectivity index (χ0n) is 11.2. The van der Waals surface area contributed by atoms with Crippen molar-refractivity contribution in [3.8, 4) is 5.75 Å². The van der Waals surface area contributed by atoms with Gasteiger partial charge in [-0.25, -0.2) is 0 Å². The maximum Gasteiger partial charge on any atom is 0.124 e. The fourth-order valence-electron chi connectivity index (χ4n) is 2.60. The van der Waals surface area contributed by atoms with Gasteiger partial charge in [0.25, 0.3) is 0 Å². The van der Waals surface area contributed by atoms with Crippen LogP contribution in [0, 0.1) is 5.92 Å². The molecule has 0 bridgehead atoms. The largest absolute Gasteiger partial charge is 0.496 e. The SMILES string of the molecule is CCNC(CC1CCC1)c1ccc(Br)cc1OC. The van der Waals surface area contributed by atoms with Gasteiger partial charge in [0.15, 0.2) is 0 Å². The first-order valence-electron chi connectivity index (χ1n) is 6.81. The molecule has 18 heavy (non-hydrogen) atoms. The van der Waals surface area contributed by atoms with Crippen LogP contribution in [-0.2, 0) is 0 Å². The Morgan fingerprint density at radius 1 is 1.44 bits per heavy atom. The first-order chi connectivity index (χ1) is 8.74. The van der Waals surface area contributed by atoms with Crippen LogP contribution in [0.2, 0.25) is 0 Å². The molecule has 0 aliphatic heterocycles. The number of hydrogen-bond acceptors (Lipinski definition) is 2. The Morgan fingerprint density at radius 3 is 2.78 bits per heavy atom. The molecule has 3 heteroatoms. The van der Waals surface area contributed by atoms with Gasteiger partial charge in [-0.1, -0.05) is 48.2 Å². The van der Waals surface area contributed by atoms with E-state index in [4.69, 9.17) is 4.74 Å². The monoisotopic (exact) mass is 311 g/mol. The van der Waals surface area contributed by atoms with Gasteiger partial charge in [0, 0.05) is 16.1 Å². The highest BCUT2D eigenvalue weighted by Crippen LogP contribution is 2.37. The first-order valence-corrected chi connectivity index (χ1v) is 7.60. The topological polar surface area (TPSA) is 21.3 Å². The Hall–Kier alpha value is -0.540. The second-order valence-corrected chi connectivity index (χ2v) is 5.94. The third-order valence-corrected chi connectivity index (χ3v) is 4.31. The lowest BCUT2D eigenvalue weighted by atomic mass is 9.79. The summed E-state index contributed by atoms with van der Waals surface area (Å²) < 4.78 is 6.59. The van der Waals surface area contributed by atoms with Crippen LogP contribution < -0.4 is 10.1 Å². The van der Waals surface area contributed by atoms with Crippen LogP contribution in [0.1, 0.15) is 44.2 Å². The number of hydrogen-bond donors (Lipinski definition) is 1. The van der Waals surface area contributed by atoms with Gasteiger partial charge in [-0.3, -0.25) is 0 Å². The maximum absolute atomic E-state index is 5.52. The standard InChI is InChI=1S/C15H22BrNO/c1-3-17-14(9-11-5-4-6-11)13-8-7-12(16)10-15(13)18-2/h7-8,10-11,14,17H,3-6,9H2,1-2H3. The van der Waals surface area contributed by atoms with Gasteiger partial charge in [-0.05, 0) is 31.0 Å². The molecule has 0 spiro atoms. The van der Waals surface area contributed by atoms with E-state index in [1.807, 2.05) is 0 Å². The Kier molecular flexibility index (Phi) is 5.07. The molecule has 2 rings (SSSR count). The second-order valence-electron chi connectivity index (χ2n) is 5.03. The summed E-state index contributed by atoms with van der Waals surface area (Å²) in [6, 6.07) is 6.75. The molecule has 1 aliphatic carbocycles. The molecule has 1 aromatic carbocycles. The van der Waals surface area contributed by atoms with Crippen molar-refractivity contribution in [2.75, 3.05) is 13.7 Å². The summed E-state index contributed by atoms with van der Waals surface area (Å²) in [5.74, 6) is 1.87. The molecule has 1 atom stereocenters. The van der Waals surface area contributed by atoms with E-state index in [1.165, 1.54) is 31.2 Å². The molecule has 0 radical (unpaired) electrons. The average Bonchev–Trinajstić information content (AvgIpc) is 2.32. The van der Waals surface area contributed by atoms with E-state index in [1.54, 1.807) is 7.11 Å². The van der Waals surface area contributed by atoms with Crippen molar-refractivity contribution in [2.24, 2.45) is 5.92 Å². The summed E-state index contributed by atoms with van der Waals surface area (Å²) in [5, 5.41) is 3.60. The lowest BCUT2D eigenvalue weighted by molar-refractivity contribution is 0.259. The number of ether oxygens (including phenoxy) is 1. The summed E-state index contributed by atoms with van der Waals surface area (Å²) in [7, 11) is 1.75. The van der Waals surface area contributed by atoms with Crippen molar-refractivity contribution < 1.29 is 4.74 Å². The van der Waals surface area contributed by atoms with Gasteiger partial charge in [-0.2, -0.15) is 0 Å². The van der Waals surface area contributed by atoms with Crippen molar-refractivity contribution in [1.82, 2.24) is 5.32 Å². The van der Waals surface area contributed by atoms with Gasteiger partial charge in [0.05, 0.1) is 7.11 Å². The molecule has 1 aromatic rings. The van der Waals surface area contributed by atoms with Crippen molar-refractivity contribution in [2.45, 2.75) is 38.6 Å². The van der Waals surface area contributed by atoms with E-state index in [2.05, 4.69) is 46.4 Å². The second kappa shape index (κ2) is 6.58. The zero-order valence-corrected chi connectivity index (χ0v) is 12.8. The molecule has 0 saturated heterocycles. The van der Waals surface area contributed by atoms with E-state index in [0.717, 1.165) is 22.7 Å². The molecular weight excluding hydrogens is 290 g/mol. The van der Waals surface area contributed by atoms with E-state index >= 15 is 0 Å². The van der Waals surface area contributed by atoms with Crippen LogP contribution in [0.25, 0.3) is 0 Å². The summed E-state index contributed by atoms with van der Waals surface area (Å²) in [6.07, 6.45) is 5.41. The highest BCUT2D eigenvalue weighted by atomic mass is 79.9. The molecule has 100 valence electrons. The minimum Gasteiger partial charge on any atom is -0.496 e. The molecule has 0 amide bonds. The summed E-state index contributed by atoms with van der Waals surface area (Å²) in [5.41, 5.74) is 1.29.